The largest absolute Gasteiger partial charge is 0.465 e. The molecule has 1 amide bonds. The Bertz CT molecular complexity index is 1590. The number of fused-ring (bicyclic) bond motifs is 1. The standard InChI is InChI=1S/C29H28BrF3N2O6S/c1-39-12-13-40-17-41-27-9-4-21(16-26(27)34-42(37,38)22-5-6-22)35-11-10-19-14-18(2-7-24(19)28(35)36)23-8-3-20(15-25(23)30)29(31,32)33/h2-4,7-9,14-16,22,34H,5-6,10-13,17H2,1H3. The summed E-state index contributed by atoms with van der Waals surface area (Å²) in [7, 11) is -2.07. The van der Waals surface area contributed by atoms with E-state index in [1.165, 1.54) is 6.07 Å². The van der Waals surface area contributed by atoms with Crippen LogP contribution in [-0.2, 0) is 32.1 Å². The lowest BCUT2D eigenvalue weighted by Gasteiger charge is -2.30. The van der Waals surface area contributed by atoms with Crippen molar-refractivity contribution in [1.82, 2.24) is 0 Å². The smallest absolute Gasteiger partial charge is 0.416 e. The second-order valence-corrected chi connectivity index (χ2v) is 12.8. The average Bonchev–Trinajstić information content (AvgIpc) is 3.80. The lowest BCUT2D eigenvalue weighted by Crippen LogP contribution is -2.37. The third-order valence-corrected chi connectivity index (χ3v) is 9.52. The molecule has 0 atom stereocenters. The second-order valence-electron chi connectivity index (χ2n) is 9.96. The maximum Gasteiger partial charge on any atom is 0.416 e. The van der Waals surface area contributed by atoms with Gasteiger partial charge in [0, 0.05) is 29.4 Å². The van der Waals surface area contributed by atoms with E-state index in [-0.39, 0.29) is 24.1 Å². The normalized spacial score (nSPS) is 15.5. The van der Waals surface area contributed by atoms with Crippen LogP contribution in [0.3, 0.4) is 0 Å². The SMILES string of the molecule is COCCOCOc1ccc(N2CCc3cc(-c4ccc(C(F)(F)F)cc4Br)ccc3C2=O)cc1NS(=O)(=O)C1CC1. The Hall–Kier alpha value is -3.13. The molecule has 1 saturated carbocycles. The van der Waals surface area contributed by atoms with Gasteiger partial charge in [-0.05, 0) is 72.4 Å². The fraction of sp³-hybridized carbons (Fsp3) is 0.345. The first-order valence-corrected chi connectivity index (χ1v) is 15.5. The van der Waals surface area contributed by atoms with Crippen LogP contribution in [0.1, 0.15) is 34.3 Å². The van der Waals surface area contributed by atoms with E-state index in [1.807, 2.05) is 6.07 Å². The third kappa shape index (κ3) is 6.74. The molecule has 3 aromatic rings. The van der Waals surface area contributed by atoms with Gasteiger partial charge in [0.25, 0.3) is 5.91 Å². The molecule has 3 aromatic carbocycles. The van der Waals surface area contributed by atoms with Crippen molar-refractivity contribution in [1.29, 1.82) is 0 Å². The summed E-state index contributed by atoms with van der Waals surface area (Å²) in [5.74, 6) is -0.0149. The zero-order chi connectivity index (χ0) is 30.1. The van der Waals surface area contributed by atoms with Gasteiger partial charge in [0.2, 0.25) is 10.0 Å². The number of hydrogen-bond donors (Lipinski definition) is 1. The summed E-state index contributed by atoms with van der Waals surface area (Å²) in [5.41, 5.74) is 2.42. The minimum absolute atomic E-state index is 0.117. The van der Waals surface area contributed by atoms with Crippen molar-refractivity contribution in [3.05, 3.63) is 75.8 Å². The monoisotopic (exact) mass is 668 g/mol. The average molecular weight is 670 g/mol. The molecule has 224 valence electrons. The highest BCUT2D eigenvalue weighted by molar-refractivity contribution is 9.10. The van der Waals surface area contributed by atoms with E-state index in [0.29, 0.717) is 65.9 Å². The molecule has 0 spiro atoms. The summed E-state index contributed by atoms with van der Waals surface area (Å²) in [6.07, 6.45) is -2.80. The van der Waals surface area contributed by atoms with Crippen molar-refractivity contribution in [2.24, 2.45) is 0 Å². The molecule has 1 fully saturated rings. The first kappa shape index (κ1) is 30.3. The van der Waals surface area contributed by atoms with Crippen LogP contribution in [0, 0.1) is 0 Å². The number of sulfonamides is 1. The van der Waals surface area contributed by atoms with Crippen LogP contribution in [0.4, 0.5) is 24.5 Å². The van der Waals surface area contributed by atoms with Gasteiger partial charge in [0.15, 0.2) is 6.79 Å². The first-order chi connectivity index (χ1) is 20.0. The Morgan fingerprint density at radius 3 is 2.48 bits per heavy atom. The molecule has 1 aliphatic heterocycles. The molecule has 0 unspecified atom stereocenters. The molecule has 0 aromatic heterocycles. The van der Waals surface area contributed by atoms with Gasteiger partial charge >= 0.3 is 6.18 Å². The van der Waals surface area contributed by atoms with E-state index < -0.39 is 27.0 Å². The lowest BCUT2D eigenvalue weighted by molar-refractivity contribution is -0.137. The molecule has 13 heteroatoms. The highest BCUT2D eigenvalue weighted by Crippen LogP contribution is 2.39. The van der Waals surface area contributed by atoms with Crippen molar-refractivity contribution < 1.29 is 40.6 Å². The molecule has 8 nitrogen and oxygen atoms in total. The van der Waals surface area contributed by atoms with E-state index in [2.05, 4.69) is 20.7 Å². The number of carbonyl (C=O) groups excluding carboxylic acids is 1. The molecule has 0 radical (unpaired) electrons. The van der Waals surface area contributed by atoms with E-state index in [4.69, 9.17) is 14.2 Å². The summed E-state index contributed by atoms with van der Waals surface area (Å²) in [4.78, 5) is 15.1. The number of benzene rings is 3. The van der Waals surface area contributed by atoms with Crippen molar-refractivity contribution in [3.8, 4) is 16.9 Å². The molecule has 5 rings (SSSR count). The van der Waals surface area contributed by atoms with Gasteiger partial charge in [-0.2, -0.15) is 13.2 Å². The van der Waals surface area contributed by atoms with Gasteiger partial charge in [-0.25, -0.2) is 8.42 Å². The van der Waals surface area contributed by atoms with Crippen LogP contribution in [0.2, 0.25) is 0 Å². The number of methoxy groups -OCH3 is 1. The maximum atomic E-state index is 13.5. The molecule has 0 bridgehead atoms. The number of halogens is 4. The minimum Gasteiger partial charge on any atom is -0.465 e. The van der Waals surface area contributed by atoms with Crippen molar-refractivity contribution >= 4 is 43.2 Å². The number of carbonyl (C=O) groups is 1. The Labute approximate surface area is 249 Å². The van der Waals surface area contributed by atoms with Crippen LogP contribution in [0.25, 0.3) is 11.1 Å². The highest BCUT2D eigenvalue weighted by atomic mass is 79.9. The predicted octanol–water partition coefficient (Wildman–Crippen LogP) is 6.24. The van der Waals surface area contributed by atoms with Gasteiger partial charge in [-0.15, -0.1) is 0 Å². The van der Waals surface area contributed by atoms with Crippen LogP contribution in [-0.4, -0.2) is 53.2 Å². The van der Waals surface area contributed by atoms with Gasteiger partial charge in [0.1, 0.15) is 5.75 Å². The van der Waals surface area contributed by atoms with Gasteiger partial charge in [-0.3, -0.25) is 9.52 Å². The fourth-order valence-corrected chi connectivity index (χ4v) is 6.64. The zero-order valence-corrected chi connectivity index (χ0v) is 24.9. The Balaban J connectivity index is 1.38. The van der Waals surface area contributed by atoms with E-state index in [9.17, 15) is 26.4 Å². The van der Waals surface area contributed by atoms with Crippen LogP contribution >= 0.6 is 15.9 Å². The van der Waals surface area contributed by atoms with Gasteiger partial charge < -0.3 is 19.1 Å². The summed E-state index contributed by atoms with van der Waals surface area (Å²) < 4.78 is 83.6. The lowest BCUT2D eigenvalue weighted by atomic mass is 9.93. The quantitative estimate of drug-likeness (QED) is 0.192. The van der Waals surface area contributed by atoms with E-state index in [1.54, 1.807) is 42.3 Å². The molecule has 1 aliphatic carbocycles. The Morgan fingerprint density at radius 2 is 1.79 bits per heavy atom. The van der Waals surface area contributed by atoms with Gasteiger partial charge in [0.05, 0.1) is 29.7 Å². The summed E-state index contributed by atoms with van der Waals surface area (Å²) in [6, 6.07) is 13.5. The number of hydrogen-bond acceptors (Lipinski definition) is 6. The summed E-state index contributed by atoms with van der Waals surface area (Å²) >= 11 is 3.25. The second kappa shape index (κ2) is 12.2. The molecular weight excluding hydrogens is 641 g/mol. The molecule has 1 heterocycles. The van der Waals surface area contributed by atoms with Crippen molar-refractivity contribution in [2.75, 3.05) is 43.3 Å². The van der Waals surface area contributed by atoms with Gasteiger partial charge in [-0.1, -0.05) is 34.1 Å². The van der Waals surface area contributed by atoms with Crippen LogP contribution in [0.15, 0.2) is 59.1 Å². The summed E-state index contributed by atoms with van der Waals surface area (Å²) in [6.45, 7) is 0.884. The van der Waals surface area contributed by atoms with Crippen molar-refractivity contribution in [3.63, 3.8) is 0 Å². The number of nitrogens with one attached hydrogen (secondary N) is 1. The predicted molar refractivity (Wildman–Crippen MR) is 155 cm³/mol. The molecule has 0 saturated heterocycles. The topological polar surface area (TPSA) is 94.2 Å². The number of alkyl halides is 3. The number of anilines is 2. The van der Waals surface area contributed by atoms with E-state index in [0.717, 1.165) is 17.7 Å². The van der Waals surface area contributed by atoms with Crippen LogP contribution in [0.5, 0.6) is 5.75 Å². The number of rotatable bonds is 11. The number of amides is 1. The first-order valence-electron chi connectivity index (χ1n) is 13.1. The summed E-state index contributed by atoms with van der Waals surface area (Å²) in [5, 5.41) is -0.464. The van der Waals surface area contributed by atoms with Crippen LogP contribution < -0.4 is 14.4 Å². The van der Waals surface area contributed by atoms with E-state index >= 15 is 0 Å². The Morgan fingerprint density at radius 1 is 1.02 bits per heavy atom. The zero-order valence-electron chi connectivity index (χ0n) is 22.5. The highest BCUT2D eigenvalue weighted by Gasteiger charge is 2.36. The maximum absolute atomic E-state index is 13.5. The minimum atomic E-state index is -4.45. The third-order valence-electron chi connectivity index (χ3n) is 7.01. The molecule has 2 aliphatic rings. The molecular formula is C29H28BrF3N2O6S. The van der Waals surface area contributed by atoms with Crippen molar-refractivity contribution in [2.45, 2.75) is 30.7 Å². The fourth-order valence-electron chi connectivity index (χ4n) is 4.64. The Kier molecular flexibility index (Phi) is 8.83. The number of nitrogens with zero attached hydrogens (tertiary/aromatic N) is 1. The number of ether oxygens (including phenoxy) is 3. The molecule has 1 N–H and O–H groups in total. The molecule has 42 heavy (non-hydrogen) atoms.